The number of hydrogen-bond donors (Lipinski definition) is 1. The van der Waals surface area contributed by atoms with Crippen molar-refractivity contribution in [2.75, 3.05) is 5.32 Å². The van der Waals surface area contributed by atoms with E-state index in [1.54, 1.807) is 25.1 Å². The zero-order chi connectivity index (χ0) is 14.8. The van der Waals surface area contributed by atoms with Crippen molar-refractivity contribution in [3.63, 3.8) is 0 Å². The van der Waals surface area contributed by atoms with Crippen molar-refractivity contribution in [2.45, 2.75) is 6.92 Å². The second-order valence-corrected chi connectivity index (χ2v) is 5.23. The minimum atomic E-state index is -0.299. The molecule has 0 fully saturated rings. The Kier molecular flexibility index (Phi) is 3.62. The van der Waals surface area contributed by atoms with Crippen LogP contribution in [0.4, 0.5) is 5.69 Å². The summed E-state index contributed by atoms with van der Waals surface area (Å²) in [5.74, 6) is 0.627. The zero-order valence-electron chi connectivity index (χ0n) is 11.1. The van der Waals surface area contributed by atoms with E-state index in [0.717, 1.165) is 4.47 Å². The zero-order valence-corrected chi connectivity index (χ0v) is 12.7. The number of hydrogen-bond acceptors (Lipinski definition) is 4. The molecule has 0 saturated heterocycles. The number of halogens is 1. The van der Waals surface area contributed by atoms with Crippen molar-refractivity contribution in [3.8, 4) is 11.5 Å². The summed E-state index contributed by atoms with van der Waals surface area (Å²) in [4.78, 5) is 12.5. The third kappa shape index (κ3) is 2.62. The molecular weight excluding hydrogens is 336 g/mol. The minimum absolute atomic E-state index is 0.299. The van der Waals surface area contributed by atoms with E-state index >= 15 is 0 Å². The van der Waals surface area contributed by atoms with Gasteiger partial charge >= 0.3 is 0 Å². The first-order valence-electron chi connectivity index (χ1n) is 6.23. The number of nitrogens with zero attached hydrogens (tertiary/aromatic N) is 1. The van der Waals surface area contributed by atoms with Crippen LogP contribution in [0.15, 0.2) is 56.1 Å². The van der Waals surface area contributed by atoms with Gasteiger partial charge in [0, 0.05) is 4.47 Å². The van der Waals surface area contributed by atoms with Crippen LogP contribution in [0, 0.1) is 6.92 Å². The standard InChI is InChI=1S/C15H11BrN2O3/c1-9-13(14(18-21-9)12-7-4-8-20-12)15(19)17-11-6-3-2-5-10(11)16/h2-8H,1H3,(H,17,19). The highest BCUT2D eigenvalue weighted by Gasteiger charge is 2.23. The van der Waals surface area contributed by atoms with Crippen LogP contribution in [-0.2, 0) is 0 Å². The van der Waals surface area contributed by atoms with Crippen molar-refractivity contribution in [1.29, 1.82) is 0 Å². The van der Waals surface area contributed by atoms with Gasteiger partial charge in [0.2, 0.25) is 0 Å². The SMILES string of the molecule is Cc1onc(-c2ccco2)c1C(=O)Nc1ccccc1Br. The largest absolute Gasteiger partial charge is 0.463 e. The number of para-hydroxylation sites is 1. The molecule has 0 unspecified atom stereocenters. The highest BCUT2D eigenvalue weighted by Crippen LogP contribution is 2.28. The van der Waals surface area contributed by atoms with E-state index in [-0.39, 0.29) is 5.91 Å². The van der Waals surface area contributed by atoms with E-state index in [4.69, 9.17) is 8.94 Å². The fraction of sp³-hybridized carbons (Fsp3) is 0.0667. The van der Waals surface area contributed by atoms with Gasteiger partial charge < -0.3 is 14.3 Å². The summed E-state index contributed by atoms with van der Waals surface area (Å²) >= 11 is 3.39. The van der Waals surface area contributed by atoms with Gasteiger partial charge in [-0.2, -0.15) is 0 Å². The molecule has 3 aromatic rings. The van der Waals surface area contributed by atoms with Gasteiger partial charge in [-0.05, 0) is 47.1 Å². The Bertz CT molecular complexity index is 778. The Morgan fingerprint density at radius 3 is 2.76 bits per heavy atom. The summed E-state index contributed by atoms with van der Waals surface area (Å²) in [6.45, 7) is 1.69. The minimum Gasteiger partial charge on any atom is -0.463 e. The smallest absolute Gasteiger partial charge is 0.261 e. The molecule has 1 N–H and O–H groups in total. The highest BCUT2D eigenvalue weighted by atomic mass is 79.9. The number of aryl methyl sites for hydroxylation is 1. The molecule has 6 heteroatoms. The van der Waals surface area contributed by atoms with Crippen molar-refractivity contribution >= 4 is 27.5 Å². The molecule has 0 bridgehead atoms. The van der Waals surface area contributed by atoms with Gasteiger partial charge in [-0.1, -0.05) is 17.3 Å². The molecule has 0 saturated carbocycles. The van der Waals surface area contributed by atoms with Crippen LogP contribution >= 0.6 is 15.9 Å². The molecule has 0 radical (unpaired) electrons. The number of carbonyl (C=O) groups is 1. The Labute approximate surface area is 129 Å². The van der Waals surface area contributed by atoms with Crippen LogP contribution in [-0.4, -0.2) is 11.1 Å². The van der Waals surface area contributed by atoms with Crippen LogP contribution in [0.1, 0.15) is 16.1 Å². The van der Waals surface area contributed by atoms with Gasteiger partial charge in [0.1, 0.15) is 11.3 Å². The normalized spacial score (nSPS) is 10.6. The maximum atomic E-state index is 12.5. The molecule has 1 aromatic carbocycles. The van der Waals surface area contributed by atoms with Crippen molar-refractivity contribution < 1.29 is 13.7 Å². The number of nitrogens with one attached hydrogen (secondary N) is 1. The molecule has 0 aliphatic rings. The molecule has 0 aliphatic carbocycles. The monoisotopic (exact) mass is 346 g/mol. The number of benzene rings is 1. The molecule has 0 spiro atoms. The molecule has 0 aliphatic heterocycles. The van der Waals surface area contributed by atoms with Gasteiger partial charge in [-0.25, -0.2) is 0 Å². The van der Waals surface area contributed by atoms with Crippen LogP contribution in [0.5, 0.6) is 0 Å². The molecular formula is C15H11BrN2O3. The van der Waals surface area contributed by atoms with Crippen LogP contribution in [0.25, 0.3) is 11.5 Å². The van der Waals surface area contributed by atoms with E-state index in [9.17, 15) is 4.79 Å². The van der Waals surface area contributed by atoms with Crippen molar-refractivity contribution in [3.05, 3.63) is 58.5 Å². The quantitative estimate of drug-likeness (QED) is 0.769. The summed E-state index contributed by atoms with van der Waals surface area (Å²) in [5.41, 5.74) is 1.43. The first kappa shape index (κ1) is 13.6. The van der Waals surface area contributed by atoms with E-state index in [2.05, 4.69) is 26.4 Å². The second kappa shape index (κ2) is 5.57. The number of rotatable bonds is 3. The lowest BCUT2D eigenvalue weighted by Crippen LogP contribution is -2.13. The fourth-order valence-electron chi connectivity index (χ4n) is 1.97. The number of aromatic nitrogens is 1. The Morgan fingerprint density at radius 2 is 2.05 bits per heavy atom. The Hall–Kier alpha value is -2.34. The summed E-state index contributed by atoms with van der Waals surface area (Å²) in [5, 5.41) is 6.73. The average Bonchev–Trinajstić information content (AvgIpc) is 3.10. The van der Waals surface area contributed by atoms with Crippen molar-refractivity contribution in [2.24, 2.45) is 0 Å². The average molecular weight is 347 g/mol. The van der Waals surface area contributed by atoms with Crippen LogP contribution < -0.4 is 5.32 Å². The van der Waals surface area contributed by atoms with Crippen LogP contribution in [0.2, 0.25) is 0 Å². The van der Waals surface area contributed by atoms with Gasteiger partial charge in [0.05, 0.1) is 12.0 Å². The lowest BCUT2D eigenvalue weighted by Gasteiger charge is -2.06. The van der Waals surface area contributed by atoms with Gasteiger partial charge in [0.15, 0.2) is 11.5 Å². The van der Waals surface area contributed by atoms with Crippen molar-refractivity contribution in [1.82, 2.24) is 5.16 Å². The predicted octanol–water partition coefficient (Wildman–Crippen LogP) is 4.26. The fourth-order valence-corrected chi connectivity index (χ4v) is 2.35. The molecule has 106 valence electrons. The number of anilines is 1. The molecule has 1 amide bonds. The van der Waals surface area contributed by atoms with Gasteiger partial charge in [-0.3, -0.25) is 4.79 Å². The lowest BCUT2D eigenvalue weighted by atomic mass is 10.1. The summed E-state index contributed by atoms with van der Waals surface area (Å²) in [6.07, 6.45) is 1.52. The first-order valence-corrected chi connectivity index (χ1v) is 7.02. The van der Waals surface area contributed by atoms with E-state index < -0.39 is 0 Å². The van der Waals surface area contributed by atoms with E-state index in [0.29, 0.717) is 28.5 Å². The topological polar surface area (TPSA) is 68.3 Å². The number of furan rings is 1. The molecule has 21 heavy (non-hydrogen) atoms. The third-order valence-electron chi connectivity index (χ3n) is 2.97. The maximum Gasteiger partial charge on any atom is 0.261 e. The Balaban J connectivity index is 1.96. The first-order chi connectivity index (χ1) is 10.2. The predicted molar refractivity (Wildman–Crippen MR) is 81.0 cm³/mol. The molecule has 3 rings (SSSR count). The van der Waals surface area contributed by atoms with Crippen LogP contribution in [0.3, 0.4) is 0 Å². The maximum absolute atomic E-state index is 12.5. The number of carbonyl (C=O) groups excluding carboxylic acids is 1. The van der Waals surface area contributed by atoms with Gasteiger partial charge in [0.25, 0.3) is 5.91 Å². The Morgan fingerprint density at radius 1 is 1.24 bits per heavy atom. The summed E-state index contributed by atoms with van der Waals surface area (Å²) in [7, 11) is 0. The molecule has 2 aromatic heterocycles. The van der Waals surface area contributed by atoms with E-state index in [1.807, 2.05) is 18.2 Å². The molecule has 0 atom stereocenters. The lowest BCUT2D eigenvalue weighted by molar-refractivity contribution is 0.102. The highest BCUT2D eigenvalue weighted by molar-refractivity contribution is 9.10. The molecule has 2 heterocycles. The number of amides is 1. The third-order valence-corrected chi connectivity index (χ3v) is 3.66. The summed E-state index contributed by atoms with van der Waals surface area (Å²) in [6, 6.07) is 10.8. The second-order valence-electron chi connectivity index (χ2n) is 4.37. The summed E-state index contributed by atoms with van der Waals surface area (Å²) < 4.78 is 11.2. The van der Waals surface area contributed by atoms with E-state index in [1.165, 1.54) is 6.26 Å². The van der Waals surface area contributed by atoms with Gasteiger partial charge in [-0.15, -0.1) is 0 Å². The molecule has 5 nitrogen and oxygen atoms in total.